The summed E-state index contributed by atoms with van der Waals surface area (Å²) in [5.41, 5.74) is -0.584. The van der Waals surface area contributed by atoms with Gasteiger partial charge < -0.3 is 25.3 Å². The molecule has 0 aliphatic carbocycles. The maximum Gasteiger partial charge on any atom is 0.330 e. The van der Waals surface area contributed by atoms with Crippen molar-refractivity contribution in [3.05, 3.63) is 24.3 Å². The number of carbonyl (C=O) groups is 4. The van der Waals surface area contributed by atoms with Crippen LogP contribution in [0.5, 0.6) is 0 Å². The van der Waals surface area contributed by atoms with Gasteiger partial charge in [-0.05, 0) is 27.7 Å². The van der Waals surface area contributed by atoms with E-state index in [0.717, 1.165) is 4.90 Å². The highest BCUT2D eigenvalue weighted by molar-refractivity contribution is 6.06. The lowest BCUT2D eigenvalue weighted by molar-refractivity contribution is -0.133. The van der Waals surface area contributed by atoms with Crippen LogP contribution in [-0.2, 0) is 14.4 Å². The van der Waals surface area contributed by atoms with Crippen LogP contribution in [0, 0.1) is 0 Å². The van der Waals surface area contributed by atoms with Crippen molar-refractivity contribution in [3.63, 3.8) is 0 Å². The molecule has 0 aromatic rings. The van der Waals surface area contributed by atoms with Crippen LogP contribution in [-0.4, -0.2) is 85.9 Å². The van der Waals surface area contributed by atoms with Gasteiger partial charge in [0.2, 0.25) is 0 Å². The minimum Gasteiger partial charge on any atom is -0.478 e. The van der Waals surface area contributed by atoms with Gasteiger partial charge in [-0.15, -0.1) is 0 Å². The van der Waals surface area contributed by atoms with Crippen molar-refractivity contribution in [2.45, 2.75) is 33.2 Å². The number of β-amino-alcohol motifs (C(OH)–C–C–N with tert-alkyl or cyclic N) is 2. The fraction of sp³-hybridized carbons (Fsp3) is 0.529. The molecule has 0 bridgehead atoms. The van der Waals surface area contributed by atoms with Crippen molar-refractivity contribution in [1.82, 2.24) is 9.80 Å². The number of carboxylic acids is 2. The van der Waals surface area contributed by atoms with Gasteiger partial charge in [-0.3, -0.25) is 9.69 Å². The van der Waals surface area contributed by atoms with Crippen LogP contribution in [0.15, 0.2) is 24.3 Å². The molecule has 0 atom stereocenters. The number of imide groups is 1. The zero-order valence-corrected chi connectivity index (χ0v) is 16.1. The van der Waals surface area contributed by atoms with Crippen LogP contribution in [0.1, 0.15) is 27.7 Å². The van der Waals surface area contributed by atoms with E-state index in [-0.39, 0.29) is 43.4 Å². The molecule has 0 spiro atoms. The summed E-state index contributed by atoms with van der Waals surface area (Å²) in [4.78, 5) is 45.0. The summed E-state index contributed by atoms with van der Waals surface area (Å²) in [5.74, 6) is -2.21. The molecule has 1 aliphatic heterocycles. The van der Waals surface area contributed by atoms with Gasteiger partial charge in [0.1, 0.15) is 5.54 Å². The average molecular weight is 388 g/mol. The van der Waals surface area contributed by atoms with E-state index < -0.39 is 23.5 Å². The van der Waals surface area contributed by atoms with Crippen LogP contribution in [0.4, 0.5) is 4.79 Å². The van der Waals surface area contributed by atoms with Gasteiger partial charge >= 0.3 is 18.0 Å². The summed E-state index contributed by atoms with van der Waals surface area (Å²) in [7, 11) is 0. The first-order valence-corrected chi connectivity index (χ1v) is 7.88. The van der Waals surface area contributed by atoms with Crippen molar-refractivity contribution in [2.24, 2.45) is 0 Å². The number of aliphatic carboxylic acids is 2. The highest BCUT2D eigenvalue weighted by atomic mass is 16.4. The fourth-order valence-electron chi connectivity index (χ4n) is 1.69. The molecule has 4 N–H and O–H groups in total. The number of amides is 3. The topological polar surface area (TPSA) is 156 Å². The highest BCUT2D eigenvalue weighted by Crippen LogP contribution is 2.26. The number of nitrogens with zero attached hydrogens (tertiary/aromatic N) is 2. The SMILES string of the molecule is C=C(C)C(=O)O.C=C(C)C(=O)O.CC1(C)C(=O)N(CCO)C(=O)N1CCO. The van der Waals surface area contributed by atoms with E-state index in [1.807, 2.05) is 0 Å². The largest absolute Gasteiger partial charge is 0.478 e. The van der Waals surface area contributed by atoms with E-state index in [0.29, 0.717) is 0 Å². The first kappa shape index (κ1) is 26.5. The quantitative estimate of drug-likeness (QED) is 0.374. The van der Waals surface area contributed by atoms with Crippen molar-refractivity contribution < 1.29 is 39.6 Å². The second kappa shape index (κ2) is 11.8. The molecule has 154 valence electrons. The molecule has 0 radical (unpaired) electrons. The Kier molecular flexibility index (Phi) is 11.6. The van der Waals surface area contributed by atoms with E-state index >= 15 is 0 Å². The molecule has 1 saturated heterocycles. The average Bonchev–Trinajstić information content (AvgIpc) is 2.71. The van der Waals surface area contributed by atoms with Gasteiger partial charge in [-0.25, -0.2) is 14.4 Å². The van der Waals surface area contributed by atoms with Crippen LogP contribution < -0.4 is 0 Å². The molecular weight excluding hydrogens is 360 g/mol. The van der Waals surface area contributed by atoms with Crippen LogP contribution >= 0.6 is 0 Å². The first-order chi connectivity index (χ1) is 12.2. The Bertz CT molecular complexity index is 550. The third kappa shape index (κ3) is 8.47. The number of hydrogen-bond acceptors (Lipinski definition) is 6. The smallest absolute Gasteiger partial charge is 0.330 e. The number of aliphatic hydroxyl groups is 2. The fourth-order valence-corrected chi connectivity index (χ4v) is 1.69. The minimum absolute atomic E-state index is 0.00300. The van der Waals surface area contributed by atoms with Crippen molar-refractivity contribution >= 4 is 23.9 Å². The normalized spacial score (nSPS) is 14.6. The molecule has 0 aromatic heterocycles. The monoisotopic (exact) mass is 388 g/mol. The van der Waals surface area contributed by atoms with Crippen molar-refractivity contribution in [1.29, 1.82) is 0 Å². The third-order valence-corrected chi connectivity index (χ3v) is 3.28. The molecule has 0 saturated carbocycles. The Morgan fingerprint density at radius 1 is 0.926 bits per heavy atom. The molecule has 1 aliphatic rings. The Hall–Kier alpha value is -2.72. The number of aliphatic hydroxyl groups excluding tert-OH is 2. The standard InChI is InChI=1S/C9H16N2O4.2C4H6O2/c1-9(2)7(14)10(3-5-12)8(15)11(9)4-6-13;2*1-3(2)4(5)6/h12-13H,3-6H2,1-2H3;2*1H2,2H3,(H,5,6). The molecule has 1 fully saturated rings. The minimum atomic E-state index is -0.936. The highest BCUT2D eigenvalue weighted by Gasteiger charge is 2.50. The third-order valence-electron chi connectivity index (χ3n) is 3.28. The Labute approximate surface area is 158 Å². The molecule has 10 nitrogen and oxygen atoms in total. The number of carboxylic acid groups (broad SMARTS) is 2. The molecule has 0 unspecified atom stereocenters. The van der Waals surface area contributed by atoms with Gasteiger partial charge in [0, 0.05) is 17.7 Å². The summed E-state index contributed by atoms with van der Waals surface area (Å²) < 4.78 is 0. The first-order valence-electron chi connectivity index (χ1n) is 7.88. The molecule has 3 amide bonds. The number of carbonyl (C=O) groups excluding carboxylic acids is 2. The van der Waals surface area contributed by atoms with Crippen molar-refractivity contribution in [3.8, 4) is 0 Å². The molecule has 1 rings (SSSR count). The van der Waals surface area contributed by atoms with Crippen LogP contribution in [0.25, 0.3) is 0 Å². The predicted octanol–water partition coefficient (Wildman–Crippen LogP) is 0.308. The summed E-state index contributed by atoms with van der Waals surface area (Å²) in [6, 6.07) is -0.451. The van der Waals surface area contributed by atoms with E-state index in [9.17, 15) is 19.2 Å². The van der Waals surface area contributed by atoms with Gasteiger partial charge in [0.05, 0.1) is 19.8 Å². The molecule has 1 heterocycles. The maximum atomic E-state index is 11.8. The van der Waals surface area contributed by atoms with Crippen LogP contribution in [0.2, 0.25) is 0 Å². The van der Waals surface area contributed by atoms with Gasteiger partial charge in [0.25, 0.3) is 5.91 Å². The lowest BCUT2D eigenvalue weighted by atomic mass is 10.0. The van der Waals surface area contributed by atoms with Gasteiger partial charge in [0.15, 0.2) is 0 Å². The Morgan fingerprint density at radius 2 is 1.26 bits per heavy atom. The lowest BCUT2D eigenvalue weighted by Gasteiger charge is -2.26. The molecule has 10 heteroatoms. The zero-order valence-electron chi connectivity index (χ0n) is 16.1. The van der Waals surface area contributed by atoms with Crippen molar-refractivity contribution in [2.75, 3.05) is 26.3 Å². The molecule has 27 heavy (non-hydrogen) atoms. The number of hydrogen-bond donors (Lipinski definition) is 4. The molecular formula is C17H28N2O8. The second-order valence-electron chi connectivity index (χ2n) is 6.07. The van der Waals surface area contributed by atoms with E-state index in [1.54, 1.807) is 13.8 Å². The predicted molar refractivity (Wildman–Crippen MR) is 97.0 cm³/mol. The maximum absolute atomic E-state index is 11.8. The Balaban J connectivity index is 0. The van der Waals surface area contributed by atoms with E-state index in [1.165, 1.54) is 18.7 Å². The summed E-state index contributed by atoms with van der Waals surface area (Å²) >= 11 is 0. The second-order valence-corrected chi connectivity index (χ2v) is 6.07. The zero-order chi connectivity index (χ0) is 21.9. The van der Waals surface area contributed by atoms with Gasteiger partial charge in [-0.2, -0.15) is 0 Å². The Morgan fingerprint density at radius 3 is 1.52 bits per heavy atom. The van der Waals surface area contributed by atoms with Crippen LogP contribution in [0.3, 0.4) is 0 Å². The summed E-state index contributed by atoms with van der Waals surface area (Å²) in [6.45, 7) is 12.1. The number of rotatable bonds is 6. The van der Waals surface area contributed by atoms with Gasteiger partial charge in [-0.1, -0.05) is 13.2 Å². The number of urea groups is 1. The van der Waals surface area contributed by atoms with E-state index in [4.69, 9.17) is 20.4 Å². The lowest BCUT2D eigenvalue weighted by Crippen LogP contribution is -2.45. The summed E-state index contributed by atoms with van der Waals surface area (Å²) in [5, 5.41) is 33.3. The molecule has 0 aromatic carbocycles. The summed E-state index contributed by atoms with van der Waals surface area (Å²) in [6.07, 6.45) is 0. The van der Waals surface area contributed by atoms with E-state index in [2.05, 4.69) is 13.2 Å².